The van der Waals surface area contributed by atoms with Crippen LogP contribution >= 0.6 is 11.3 Å². The molecule has 12 rings (SSSR count). The van der Waals surface area contributed by atoms with Gasteiger partial charge in [0, 0.05) is 40.5 Å². The molecule has 7 saturated carbocycles. The third-order valence-electron chi connectivity index (χ3n) is 17.5. The molecule has 6 bridgehead atoms. The molecular weight excluding hydrogens is 715 g/mol. The average molecular weight is 772 g/mol. The zero-order valence-electron chi connectivity index (χ0n) is 32.1. The molecule has 7 nitrogen and oxygen atoms in total. The molecule has 2 aromatic rings. The number of aliphatic hydroxyl groups excluding tert-OH is 1. The number of fused-ring (bicyclic) bond motifs is 1. The maximum atomic E-state index is 15.0. The first-order valence-electron chi connectivity index (χ1n) is 20.7. The first-order chi connectivity index (χ1) is 25.7. The van der Waals surface area contributed by atoms with E-state index in [1.54, 1.807) is 17.5 Å². The van der Waals surface area contributed by atoms with Crippen LogP contribution in [0, 0.1) is 56.7 Å². The Morgan fingerprint density at radius 1 is 0.870 bits per heavy atom. The fourth-order valence-corrected chi connectivity index (χ4v) is 18.2. The summed E-state index contributed by atoms with van der Waals surface area (Å²) in [7, 11) is -2.22. The highest BCUT2D eigenvalue weighted by molar-refractivity contribution is 7.91. The van der Waals surface area contributed by atoms with Crippen molar-refractivity contribution in [2.75, 3.05) is 20.2 Å². The van der Waals surface area contributed by atoms with Crippen molar-refractivity contribution >= 4 is 27.1 Å². The normalized spacial score (nSPS) is 45.6. The fraction of sp³-hybridized carbons (Fsp3) is 0.667. The minimum atomic E-state index is -3.85. The van der Waals surface area contributed by atoms with E-state index >= 15 is 0 Å². The van der Waals surface area contributed by atoms with Crippen molar-refractivity contribution in [1.82, 2.24) is 4.31 Å². The first kappa shape index (κ1) is 36.1. The van der Waals surface area contributed by atoms with Gasteiger partial charge in [0.2, 0.25) is 0 Å². The summed E-state index contributed by atoms with van der Waals surface area (Å²) in [5, 5.41) is 26.3. The number of thiophene rings is 1. The van der Waals surface area contributed by atoms with Gasteiger partial charge < -0.3 is 14.9 Å². The highest BCUT2D eigenvalue weighted by Crippen LogP contribution is 2.78. The highest BCUT2D eigenvalue weighted by atomic mass is 32.2. The van der Waals surface area contributed by atoms with Gasteiger partial charge in [-0.25, -0.2) is 8.42 Å². The van der Waals surface area contributed by atoms with Gasteiger partial charge in [0.15, 0.2) is 5.78 Å². The highest BCUT2D eigenvalue weighted by Gasteiger charge is 2.75. The molecule has 0 aliphatic heterocycles. The number of ketones is 1. The summed E-state index contributed by atoms with van der Waals surface area (Å²) in [5.41, 5.74) is -1.64. The van der Waals surface area contributed by atoms with Crippen LogP contribution in [0.15, 0.2) is 69.8 Å². The minimum Gasteiger partial charge on any atom is -0.497 e. The second kappa shape index (κ2) is 11.9. The predicted octanol–water partition coefficient (Wildman–Crippen LogP) is 8.44. The van der Waals surface area contributed by atoms with Crippen LogP contribution in [0.1, 0.15) is 108 Å². The zero-order valence-corrected chi connectivity index (χ0v) is 33.8. The molecule has 290 valence electrons. The summed E-state index contributed by atoms with van der Waals surface area (Å²) >= 11 is 1.27. The molecule has 2 spiro atoms. The van der Waals surface area contributed by atoms with E-state index in [1.807, 2.05) is 35.7 Å². The Bertz CT molecular complexity index is 1990. The van der Waals surface area contributed by atoms with Crippen LogP contribution in [0.3, 0.4) is 0 Å². The second-order valence-corrected chi connectivity index (χ2v) is 23.1. The number of allylic oxidation sites excluding steroid dienone is 4. The van der Waals surface area contributed by atoms with Crippen LogP contribution in [0.25, 0.3) is 0 Å². The number of rotatable bonds is 9. The molecule has 1 aromatic heterocycles. The van der Waals surface area contributed by atoms with E-state index in [0.717, 1.165) is 56.9 Å². The molecule has 0 amide bonds. The number of Topliss-reactive ketones (excluding diaryl/α,β-unsaturated/α-hetero) is 1. The zero-order chi connectivity index (χ0) is 37.5. The Labute approximate surface area is 325 Å². The van der Waals surface area contributed by atoms with E-state index in [0.29, 0.717) is 52.7 Å². The number of hydrogen-bond donors (Lipinski definition) is 2. The molecule has 0 radical (unpaired) electrons. The predicted molar refractivity (Wildman–Crippen MR) is 210 cm³/mol. The summed E-state index contributed by atoms with van der Waals surface area (Å²) in [6.45, 7) is 5.20. The Morgan fingerprint density at radius 3 is 2.17 bits per heavy atom. The average Bonchev–Trinajstić information content (AvgIpc) is 3.78. The standard InChI is InChI=1S/C45H57NO6S2/c1-40-13-10-33(47)25-43(40)16-17-45(35(26-43)39(48)32-6-8-34(52-3)9-7-32)36(40)11-14-41(2)37(45)12-15-44(41,49)28-46(54(50,51)38-5-4-18-53-38)27-42-22-29-19-30(23-42)21-31(20-29)24-42/h4-9,16-18,26,29-31,33,36-37,47,49H,10-15,19-25,27-28H2,1-3H3. The van der Waals surface area contributed by atoms with Crippen LogP contribution in [-0.4, -0.2) is 60.6 Å². The van der Waals surface area contributed by atoms with Crippen LogP contribution in [0.5, 0.6) is 5.75 Å². The molecule has 1 aromatic carbocycles. The van der Waals surface area contributed by atoms with E-state index in [2.05, 4.69) is 32.1 Å². The fourth-order valence-electron chi connectivity index (χ4n) is 15.4. The van der Waals surface area contributed by atoms with Crippen molar-refractivity contribution < 1.29 is 28.2 Å². The van der Waals surface area contributed by atoms with Gasteiger partial charge in [0.25, 0.3) is 10.0 Å². The summed E-state index contributed by atoms with van der Waals surface area (Å²) in [4.78, 5) is 15.0. The van der Waals surface area contributed by atoms with Gasteiger partial charge >= 0.3 is 0 Å². The van der Waals surface area contributed by atoms with Crippen molar-refractivity contribution in [1.29, 1.82) is 0 Å². The Morgan fingerprint density at radius 2 is 1.52 bits per heavy atom. The Hall–Kier alpha value is -2.30. The molecule has 10 aliphatic carbocycles. The van der Waals surface area contributed by atoms with Crippen molar-refractivity contribution in [2.24, 2.45) is 56.7 Å². The van der Waals surface area contributed by atoms with Crippen LogP contribution in [0.4, 0.5) is 0 Å². The van der Waals surface area contributed by atoms with Gasteiger partial charge in [-0.05, 0) is 160 Å². The molecule has 1 heterocycles. The molecular formula is C45H57NO6S2. The van der Waals surface area contributed by atoms with Crippen LogP contribution in [0.2, 0.25) is 0 Å². The molecule has 54 heavy (non-hydrogen) atoms. The summed E-state index contributed by atoms with van der Waals surface area (Å²) < 4.78 is 37.1. The van der Waals surface area contributed by atoms with Gasteiger partial charge in [0.1, 0.15) is 9.96 Å². The van der Waals surface area contributed by atoms with Crippen molar-refractivity contribution in [3.8, 4) is 5.75 Å². The van der Waals surface area contributed by atoms with E-state index in [4.69, 9.17) is 4.74 Å². The van der Waals surface area contributed by atoms with Gasteiger partial charge in [0.05, 0.1) is 18.8 Å². The summed E-state index contributed by atoms with van der Waals surface area (Å²) in [6.07, 6.45) is 18.8. The van der Waals surface area contributed by atoms with E-state index in [9.17, 15) is 23.4 Å². The second-order valence-electron chi connectivity index (χ2n) is 20.0. The van der Waals surface area contributed by atoms with Gasteiger partial charge in [-0.15, -0.1) is 11.3 Å². The number of methoxy groups -OCH3 is 1. The van der Waals surface area contributed by atoms with E-state index in [-0.39, 0.29) is 35.0 Å². The third-order valence-corrected chi connectivity index (χ3v) is 20.7. The number of nitrogens with zero attached hydrogens (tertiary/aromatic N) is 1. The van der Waals surface area contributed by atoms with Gasteiger partial charge in [-0.2, -0.15) is 4.31 Å². The molecule has 8 unspecified atom stereocenters. The van der Waals surface area contributed by atoms with Crippen molar-refractivity contribution in [3.05, 3.63) is 71.1 Å². The van der Waals surface area contributed by atoms with Crippen LogP contribution < -0.4 is 4.74 Å². The third kappa shape index (κ3) is 4.80. The molecule has 9 heteroatoms. The number of ether oxygens (including phenoxy) is 1. The quantitative estimate of drug-likeness (QED) is 0.196. The van der Waals surface area contributed by atoms with E-state index < -0.39 is 38.0 Å². The number of carbonyl (C=O) groups excluding carboxylic acids is 1. The Kier molecular flexibility index (Phi) is 7.93. The summed E-state index contributed by atoms with van der Waals surface area (Å²) in [6, 6.07) is 11.0. The molecule has 10 aliphatic rings. The maximum absolute atomic E-state index is 15.0. The largest absolute Gasteiger partial charge is 0.497 e. The van der Waals surface area contributed by atoms with Gasteiger partial charge in [-0.3, -0.25) is 4.79 Å². The Balaban J connectivity index is 1.05. The molecule has 2 N–H and O–H groups in total. The smallest absolute Gasteiger partial charge is 0.252 e. The molecule has 7 fully saturated rings. The number of sulfonamides is 1. The monoisotopic (exact) mass is 771 g/mol. The maximum Gasteiger partial charge on any atom is 0.252 e. The van der Waals surface area contributed by atoms with Crippen LogP contribution in [-0.2, 0) is 10.0 Å². The van der Waals surface area contributed by atoms with Crippen molar-refractivity contribution in [2.45, 2.75) is 113 Å². The summed E-state index contributed by atoms with van der Waals surface area (Å²) in [5.74, 6) is 2.91. The number of carbonyl (C=O) groups is 1. The van der Waals surface area contributed by atoms with Gasteiger partial charge in [-0.1, -0.05) is 38.1 Å². The number of aliphatic hydroxyl groups is 2. The first-order valence-corrected chi connectivity index (χ1v) is 23.1. The number of benzene rings is 1. The SMILES string of the molecule is COc1ccc(C(=O)C2=CC34C=CC25C(CCC2(C)C5CCC2(O)CN(CC25CC6CC(CC(C6)C2)C5)S(=O)(=O)c2cccs2)C3(C)CCC(O)C4)cc1. The molecule has 0 saturated heterocycles. The lowest BCUT2D eigenvalue weighted by molar-refractivity contribution is -0.175. The topological polar surface area (TPSA) is 104 Å². The van der Waals surface area contributed by atoms with Crippen molar-refractivity contribution in [3.63, 3.8) is 0 Å². The lowest BCUT2D eigenvalue weighted by Crippen LogP contribution is -2.67. The number of hydrogen-bond acceptors (Lipinski definition) is 7. The minimum absolute atomic E-state index is 0.0110. The lowest BCUT2D eigenvalue weighted by Gasteiger charge is -2.71. The molecule has 8 atom stereocenters. The lowest BCUT2D eigenvalue weighted by atomic mass is 9.32. The van der Waals surface area contributed by atoms with E-state index in [1.165, 1.54) is 30.6 Å².